The molecule has 0 bridgehead atoms. The molecule has 5 aliphatic rings. The van der Waals surface area contributed by atoms with E-state index in [1.807, 2.05) is 27.7 Å². The van der Waals surface area contributed by atoms with Crippen LogP contribution in [0.5, 0.6) is 0 Å². The summed E-state index contributed by atoms with van der Waals surface area (Å²) >= 11 is 0. The van der Waals surface area contributed by atoms with Crippen molar-refractivity contribution in [1.29, 1.82) is 0 Å². The highest BCUT2D eigenvalue weighted by atomic mass is 16.7. The fourth-order valence-electron chi connectivity index (χ4n) is 10.6. The van der Waals surface area contributed by atoms with Crippen molar-refractivity contribution < 1.29 is 43.5 Å². The van der Waals surface area contributed by atoms with Gasteiger partial charge in [-0.25, -0.2) is 4.79 Å². The molecule has 9 heteroatoms. The van der Waals surface area contributed by atoms with E-state index in [2.05, 4.69) is 41.2 Å². The largest absolute Gasteiger partial charge is 0.456 e. The molecule has 0 aromatic heterocycles. The summed E-state index contributed by atoms with van der Waals surface area (Å²) in [7, 11) is 0. The van der Waals surface area contributed by atoms with Gasteiger partial charge in [-0.2, -0.15) is 0 Å². The summed E-state index contributed by atoms with van der Waals surface area (Å²) in [6.07, 6.45) is -0.317. The summed E-state index contributed by atoms with van der Waals surface area (Å²) in [5.74, 6) is -1.77. The van der Waals surface area contributed by atoms with Crippen molar-refractivity contribution in [2.45, 2.75) is 137 Å². The number of aliphatic hydroxyl groups is 2. The first-order chi connectivity index (χ1) is 20.4. The number of ether oxygens (including phenoxy) is 5. The molecule has 0 amide bonds. The number of aliphatic hydroxyl groups excluding tert-OH is 1. The number of carbonyl (C=O) groups is 2. The van der Waals surface area contributed by atoms with E-state index in [0.717, 1.165) is 11.1 Å². The molecule has 13 atom stereocenters. The fourth-order valence-corrected chi connectivity index (χ4v) is 10.6. The molecule has 0 radical (unpaired) electrons. The minimum atomic E-state index is -1.27. The second kappa shape index (κ2) is 11.2. The number of carbonyl (C=O) groups excluding carboxylic acids is 2. The highest BCUT2D eigenvalue weighted by Gasteiger charge is 2.78. The van der Waals surface area contributed by atoms with Crippen LogP contribution in [0.15, 0.2) is 23.8 Å². The number of esters is 2. The van der Waals surface area contributed by atoms with Gasteiger partial charge in [0.1, 0.15) is 12.2 Å². The van der Waals surface area contributed by atoms with Crippen LogP contribution in [0.4, 0.5) is 0 Å². The number of rotatable bonds is 8. The van der Waals surface area contributed by atoms with Crippen LogP contribution < -0.4 is 0 Å². The van der Waals surface area contributed by atoms with Gasteiger partial charge in [-0.05, 0) is 56.6 Å². The Balaban J connectivity index is 1.67. The molecule has 2 N–H and O–H groups in total. The lowest BCUT2D eigenvalue weighted by Gasteiger charge is -2.68. The Bertz CT molecular complexity index is 1200. The van der Waals surface area contributed by atoms with Crippen molar-refractivity contribution in [3.05, 3.63) is 23.8 Å². The maximum Gasteiger partial charge on any atom is 0.335 e. The van der Waals surface area contributed by atoms with E-state index in [1.165, 1.54) is 6.92 Å². The molecule has 2 aliphatic heterocycles. The van der Waals surface area contributed by atoms with Crippen LogP contribution in [0.3, 0.4) is 0 Å². The molecule has 2 heterocycles. The zero-order valence-corrected chi connectivity index (χ0v) is 28.2. The number of hydrogen-bond acceptors (Lipinski definition) is 9. The lowest BCUT2D eigenvalue weighted by atomic mass is 9.47. The van der Waals surface area contributed by atoms with Crippen LogP contribution in [0.25, 0.3) is 0 Å². The summed E-state index contributed by atoms with van der Waals surface area (Å²) in [4.78, 5) is 26.1. The van der Waals surface area contributed by atoms with E-state index in [4.69, 9.17) is 23.7 Å². The predicted octanol–water partition coefficient (Wildman–Crippen LogP) is 4.73. The maximum absolute atomic E-state index is 13.4. The Morgan fingerprint density at radius 1 is 1.18 bits per heavy atom. The number of fused-ring (bicyclic) bond motifs is 3. The molecular formula is C35H54O9. The lowest BCUT2D eigenvalue weighted by Crippen LogP contribution is -2.78. The lowest BCUT2D eigenvalue weighted by molar-refractivity contribution is -0.387. The van der Waals surface area contributed by atoms with Crippen molar-refractivity contribution in [3.63, 3.8) is 0 Å². The molecule has 44 heavy (non-hydrogen) atoms. The molecule has 0 aromatic carbocycles. The summed E-state index contributed by atoms with van der Waals surface area (Å²) in [5, 5.41) is 23.2. The van der Waals surface area contributed by atoms with Crippen molar-refractivity contribution in [2.24, 2.45) is 40.4 Å². The van der Waals surface area contributed by atoms with Gasteiger partial charge in [0.15, 0.2) is 18.0 Å². The molecule has 2 unspecified atom stereocenters. The van der Waals surface area contributed by atoms with Gasteiger partial charge >= 0.3 is 11.9 Å². The SMILES string of the molecule is C=CC1O[C@H]2C[C@H]3OC[C@@]3(OC(C)=O)[C@H]3[C@H](C)[C@]4(C(C)(C)O)C[C@H](OC(=O)C(O)[C@@H](C)CC(C)C)C(C)=C4[C@H](C)[C@H](O1)[C@]23C. The Morgan fingerprint density at radius 3 is 2.36 bits per heavy atom. The van der Waals surface area contributed by atoms with Crippen LogP contribution in [-0.4, -0.2) is 76.8 Å². The Kier molecular flexibility index (Phi) is 8.53. The molecule has 248 valence electrons. The summed E-state index contributed by atoms with van der Waals surface area (Å²) in [6, 6.07) is 0. The second-order valence-corrected chi connectivity index (χ2v) is 15.6. The second-order valence-electron chi connectivity index (χ2n) is 15.6. The van der Waals surface area contributed by atoms with Gasteiger partial charge in [0.05, 0.1) is 24.4 Å². The van der Waals surface area contributed by atoms with Gasteiger partial charge in [0.25, 0.3) is 0 Å². The molecule has 0 spiro atoms. The smallest absolute Gasteiger partial charge is 0.335 e. The van der Waals surface area contributed by atoms with Crippen LogP contribution in [0.1, 0.15) is 88.5 Å². The van der Waals surface area contributed by atoms with Crippen molar-refractivity contribution in [3.8, 4) is 0 Å². The summed E-state index contributed by atoms with van der Waals surface area (Å²) in [6.45, 7) is 23.7. The van der Waals surface area contributed by atoms with Gasteiger partial charge in [-0.15, -0.1) is 0 Å². The van der Waals surface area contributed by atoms with Gasteiger partial charge in [0.2, 0.25) is 0 Å². The third-order valence-corrected chi connectivity index (χ3v) is 12.1. The fraction of sp³-hybridized carbons (Fsp3) is 0.829. The van der Waals surface area contributed by atoms with Gasteiger partial charge < -0.3 is 33.9 Å². The Morgan fingerprint density at radius 2 is 1.84 bits per heavy atom. The quantitative estimate of drug-likeness (QED) is 0.294. The molecular weight excluding hydrogens is 564 g/mol. The molecule has 0 aromatic rings. The van der Waals surface area contributed by atoms with E-state index in [-0.39, 0.29) is 54.6 Å². The highest BCUT2D eigenvalue weighted by Crippen LogP contribution is 2.71. The third-order valence-electron chi connectivity index (χ3n) is 12.1. The van der Waals surface area contributed by atoms with Gasteiger partial charge in [-0.3, -0.25) is 4.79 Å². The molecule has 9 nitrogen and oxygen atoms in total. The first-order valence-corrected chi connectivity index (χ1v) is 16.4. The zero-order chi connectivity index (χ0) is 32.7. The average Bonchev–Trinajstić information content (AvgIpc) is 3.18. The first-order valence-electron chi connectivity index (χ1n) is 16.4. The van der Waals surface area contributed by atoms with Crippen LogP contribution >= 0.6 is 0 Å². The standard InChI is InChI=1S/C35H54O9/c1-12-26-42-24-14-25-35(16-40-25,44-22(8)36)29-21(7)34(32(9,10)39)15-23(41-31(38)28(37)18(4)13-17(2)3)19(5)27(34)20(6)30(43-26)33(24,29)11/h12,17-18,20-21,23-26,28-30,37,39H,1,13-16H2,2-11H3/t18-,20-,21-,23-,24-,25+,26?,28?,29-,30-,33+,34+,35-/m0/s1. The Hall–Kier alpha value is -1.78. The minimum Gasteiger partial charge on any atom is -0.456 e. The minimum absolute atomic E-state index is 0.215. The molecule has 2 saturated heterocycles. The molecule has 5 rings (SSSR count). The molecule has 4 fully saturated rings. The van der Waals surface area contributed by atoms with E-state index in [9.17, 15) is 19.8 Å². The molecule has 3 aliphatic carbocycles. The van der Waals surface area contributed by atoms with Gasteiger partial charge in [0, 0.05) is 42.4 Å². The van der Waals surface area contributed by atoms with Crippen molar-refractivity contribution >= 4 is 11.9 Å². The average molecular weight is 619 g/mol. The van der Waals surface area contributed by atoms with E-state index >= 15 is 0 Å². The first kappa shape index (κ1) is 33.6. The van der Waals surface area contributed by atoms with Crippen LogP contribution in [-0.2, 0) is 33.3 Å². The van der Waals surface area contributed by atoms with E-state index in [0.29, 0.717) is 25.2 Å². The topological polar surface area (TPSA) is 121 Å². The molecule has 2 saturated carbocycles. The Labute approximate surface area is 262 Å². The monoisotopic (exact) mass is 618 g/mol. The maximum atomic E-state index is 13.4. The van der Waals surface area contributed by atoms with Gasteiger partial charge in [-0.1, -0.05) is 53.7 Å². The van der Waals surface area contributed by atoms with E-state index < -0.39 is 46.5 Å². The van der Waals surface area contributed by atoms with Crippen LogP contribution in [0, 0.1) is 40.4 Å². The highest BCUT2D eigenvalue weighted by molar-refractivity contribution is 5.75. The predicted molar refractivity (Wildman–Crippen MR) is 163 cm³/mol. The van der Waals surface area contributed by atoms with Crippen molar-refractivity contribution in [2.75, 3.05) is 6.61 Å². The van der Waals surface area contributed by atoms with Crippen LogP contribution in [0.2, 0.25) is 0 Å². The summed E-state index contributed by atoms with van der Waals surface area (Å²) in [5.41, 5.74) is -1.83. The normalized spacial score (nSPS) is 44.4. The van der Waals surface area contributed by atoms with Crippen molar-refractivity contribution in [1.82, 2.24) is 0 Å². The third kappa shape index (κ3) is 4.66. The zero-order valence-electron chi connectivity index (χ0n) is 28.2. The number of hydrogen-bond donors (Lipinski definition) is 2. The van der Waals surface area contributed by atoms with E-state index in [1.54, 1.807) is 6.08 Å². The summed E-state index contributed by atoms with van der Waals surface area (Å²) < 4.78 is 31.8.